The van der Waals surface area contributed by atoms with Crippen LogP contribution in [0.4, 0.5) is 15.8 Å². The largest absolute Gasteiger partial charge is 0.507 e. The number of halogens is 1. The van der Waals surface area contributed by atoms with Crippen LogP contribution in [0.3, 0.4) is 0 Å². The molecule has 0 radical (unpaired) electrons. The highest BCUT2D eigenvalue weighted by molar-refractivity contribution is 6.06. The number of aromatic hydroxyl groups is 1. The van der Waals surface area contributed by atoms with Crippen molar-refractivity contribution < 1.29 is 14.3 Å². The number of carbonyl (C=O) groups is 1. The van der Waals surface area contributed by atoms with Gasteiger partial charge in [0.15, 0.2) is 0 Å². The number of nitrogen functional groups attached to an aromatic ring is 1. The Morgan fingerprint density at radius 1 is 1.26 bits per heavy atom. The van der Waals surface area contributed by atoms with Crippen molar-refractivity contribution in [1.82, 2.24) is 0 Å². The molecule has 4 N–H and O–H groups in total. The molecule has 2 aromatic rings. The number of rotatable bonds is 2. The number of amides is 1. The lowest BCUT2D eigenvalue weighted by molar-refractivity contribution is 0.102. The summed E-state index contributed by atoms with van der Waals surface area (Å²) in [6.45, 7) is 1.79. The Kier molecular flexibility index (Phi) is 3.37. The zero-order valence-corrected chi connectivity index (χ0v) is 10.3. The number of benzene rings is 2. The molecule has 0 aromatic heterocycles. The minimum absolute atomic E-state index is 0.0232. The van der Waals surface area contributed by atoms with E-state index in [0.29, 0.717) is 5.69 Å². The molecule has 0 atom stereocenters. The van der Waals surface area contributed by atoms with Gasteiger partial charge in [0.25, 0.3) is 5.91 Å². The molecule has 0 heterocycles. The van der Waals surface area contributed by atoms with Crippen LogP contribution in [0.1, 0.15) is 15.9 Å². The van der Waals surface area contributed by atoms with E-state index in [0.717, 1.165) is 5.56 Å². The van der Waals surface area contributed by atoms with Crippen LogP contribution in [0, 0.1) is 12.7 Å². The first-order valence-corrected chi connectivity index (χ1v) is 5.63. The third-order valence-electron chi connectivity index (χ3n) is 2.64. The molecule has 0 spiro atoms. The molecular formula is C14H13FN2O2. The molecule has 1 amide bonds. The van der Waals surface area contributed by atoms with E-state index in [1.807, 2.05) is 0 Å². The molecule has 0 aliphatic heterocycles. The summed E-state index contributed by atoms with van der Waals surface area (Å²) in [7, 11) is 0. The second-order valence-corrected chi connectivity index (χ2v) is 4.21. The second kappa shape index (κ2) is 4.97. The number of aryl methyl sites for hydroxylation is 1. The van der Waals surface area contributed by atoms with Gasteiger partial charge in [0, 0.05) is 5.69 Å². The third kappa shape index (κ3) is 2.82. The van der Waals surface area contributed by atoms with E-state index in [4.69, 9.17) is 5.73 Å². The number of anilines is 2. The van der Waals surface area contributed by atoms with Crippen LogP contribution in [0.2, 0.25) is 0 Å². The predicted molar refractivity (Wildman–Crippen MR) is 71.6 cm³/mol. The minimum atomic E-state index is -0.595. The van der Waals surface area contributed by atoms with Crippen molar-refractivity contribution in [3.8, 4) is 5.75 Å². The minimum Gasteiger partial charge on any atom is -0.507 e. The fourth-order valence-electron chi connectivity index (χ4n) is 1.66. The molecule has 0 aliphatic carbocycles. The Hall–Kier alpha value is -2.56. The van der Waals surface area contributed by atoms with E-state index in [9.17, 15) is 14.3 Å². The normalized spacial score (nSPS) is 10.2. The van der Waals surface area contributed by atoms with Crippen molar-refractivity contribution in [3.63, 3.8) is 0 Å². The summed E-state index contributed by atoms with van der Waals surface area (Å²) in [5.74, 6) is -1.34. The summed E-state index contributed by atoms with van der Waals surface area (Å²) in [6, 6.07) is 8.51. The van der Waals surface area contributed by atoms with E-state index < -0.39 is 11.7 Å². The maximum Gasteiger partial charge on any atom is 0.259 e. The maximum atomic E-state index is 13.5. The van der Waals surface area contributed by atoms with Crippen molar-refractivity contribution >= 4 is 17.3 Å². The van der Waals surface area contributed by atoms with Crippen molar-refractivity contribution in [3.05, 3.63) is 53.3 Å². The van der Waals surface area contributed by atoms with Crippen molar-refractivity contribution in [1.29, 1.82) is 0 Å². The second-order valence-electron chi connectivity index (χ2n) is 4.21. The average molecular weight is 260 g/mol. The third-order valence-corrected chi connectivity index (χ3v) is 2.64. The van der Waals surface area contributed by atoms with Crippen molar-refractivity contribution in [2.24, 2.45) is 0 Å². The first kappa shape index (κ1) is 12.9. The molecule has 19 heavy (non-hydrogen) atoms. The zero-order chi connectivity index (χ0) is 14.0. The number of carbonyl (C=O) groups excluding carboxylic acids is 1. The fourth-order valence-corrected chi connectivity index (χ4v) is 1.66. The number of hydrogen-bond acceptors (Lipinski definition) is 3. The highest BCUT2D eigenvalue weighted by Gasteiger charge is 2.13. The summed E-state index contributed by atoms with van der Waals surface area (Å²) < 4.78 is 13.5. The summed E-state index contributed by atoms with van der Waals surface area (Å²) in [5, 5.41) is 12.1. The first-order valence-electron chi connectivity index (χ1n) is 5.63. The van der Waals surface area contributed by atoms with Gasteiger partial charge >= 0.3 is 0 Å². The quantitative estimate of drug-likeness (QED) is 0.727. The van der Waals surface area contributed by atoms with Crippen LogP contribution >= 0.6 is 0 Å². The van der Waals surface area contributed by atoms with Crippen molar-refractivity contribution in [2.45, 2.75) is 6.92 Å². The molecule has 0 fully saturated rings. The monoisotopic (exact) mass is 260 g/mol. The van der Waals surface area contributed by atoms with Crippen LogP contribution in [0.5, 0.6) is 5.75 Å². The van der Waals surface area contributed by atoms with Gasteiger partial charge in [0.05, 0.1) is 11.3 Å². The van der Waals surface area contributed by atoms with Gasteiger partial charge in [-0.05, 0) is 42.8 Å². The van der Waals surface area contributed by atoms with Crippen LogP contribution in [-0.2, 0) is 0 Å². The van der Waals surface area contributed by atoms with Crippen LogP contribution < -0.4 is 11.1 Å². The average Bonchev–Trinajstić information content (AvgIpc) is 2.33. The Labute approximate surface area is 109 Å². The lowest BCUT2D eigenvalue weighted by Crippen LogP contribution is -2.13. The van der Waals surface area contributed by atoms with E-state index in [2.05, 4.69) is 5.32 Å². The molecule has 0 aliphatic rings. The maximum absolute atomic E-state index is 13.5. The Balaban J connectivity index is 2.28. The van der Waals surface area contributed by atoms with Gasteiger partial charge in [0.2, 0.25) is 0 Å². The Bertz CT molecular complexity index is 641. The molecule has 5 heteroatoms. The Morgan fingerprint density at radius 2 is 2.00 bits per heavy atom. The SMILES string of the molecule is Cc1ccc(C(=O)Nc2cc(N)ccc2F)c(O)c1. The molecule has 2 aromatic carbocycles. The van der Waals surface area contributed by atoms with E-state index in [1.54, 1.807) is 13.0 Å². The molecule has 0 unspecified atom stereocenters. The number of phenolic OH excluding ortho intramolecular Hbond substituents is 1. The summed E-state index contributed by atoms with van der Waals surface area (Å²) >= 11 is 0. The topological polar surface area (TPSA) is 75.4 Å². The van der Waals surface area contributed by atoms with Crippen molar-refractivity contribution in [2.75, 3.05) is 11.1 Å². The molecule has 98 valence electrons. The molecule has 0 bridgehead atoms. The summed E-state index contributed by atoms with van der Waals surface area (Å²) in [4.78, 5) is 11.9. The van der Waals surface area contributed by atoms with Gasteiger partial charge in [-0.3, -0.25) is 4.79 Å². The van der Waals surface area contributed by atoms with Gasteiger partial charge in [0.1, 0.15) is 11.6 Å². The summed E-state index contributed by atoms with van der Waals surface area (Å²) in [6.07, 6.45) is 0. The molecule has 2 rings (SSSR count). The number of nitrogens with two attached hydrogens (primary N) is 1. The van der Waals surface area contributed by atoms with Gasteiger partial charge in [-0.2, -0.15) is 0 Å². The van der Waals surface area contributed by atoms with E-state index in [-0.39, 0.29) is 17.0 Å². The highest BCUT2D eigenvalue weighted by Crippen LogP contribution is 2.22. The fraction of sp³-hybridized carbons (Fsp3) is 0.0714. The van der Waals surface area contributed by atoms with Crippen LogP contribution in [-0.4, -0.2) is 11.0 Å². The predicted octanol–water partition coefficient (Wildman–Crippen LogP) is 2.67. The lowest BCUT2D eigenvalue weighted by atomic mass is 10.1. The molecule has 0 saturated heterocycles. The smallest absolute Gasteiger partial charge is 0.259 e. The Morgan fingerprint density at radius 3 is 2.68 bits per heavy atom. The van der Waals surface area contributed by atoms with Crippen LogP contribution in [0.25, 0.3) is 0 Å². The molecule has 0 saturated carbocycles. The number of hydrogen-bond donors (Lipinski definition) is 3. The van der Waals surface area contributed by atoms with Gasteiger partial charge in [-0.1, -0.05) is 6.07 Å². The van der Waals surface area contributed by atoms with Gasteiger partial charge < -0.3 is 16.2 Å². The zero-order valence-electron chi connectivity index (χ0n) is 10.3. The van der Waals surface area contributed by atoms with Gasteiger partial charge in [-0.25, -0.2) is 4.39 Å². The van der Waals surface area contributed by atoms with E-state index >= 15 is 0 Å². The molecule has 4 nitrogen and oxygen atoms in total. The first-order chi connectivity index (χ1) is 8.97. The summed E-state index contributed by atoms with van der Waals surface area (Å²) in [5.41, 5.74) is 6.74. The van der Waals surface area contributed by atoms with E-state index in [1.165, 1.54) is 30.3 Å². The highest BCUT2D eigenvalue weighted by atomic mass is 19.1. The molecular weight excluding hydrogens is 247 g/mol. The standard InChI is InChI=1S/C14H13FN2O2/c1-8-2-4-10(13(18)6-8)14(19)17-12-7-9(16)3-5-11(12)15/h2-7,18H,16H2,1H3,(H,17,19). The number of nitrogens with one attached hydrogen (secondary N) is 1. The van der Waals surface area contributed by atoms with Crippen LogP contribution in [0.15, 0.2) is 36.4 Å². The van der Waals surface area contributed by atoms with Gasteiger partial charge in [-0.15, -0.1) is 0 Å². The lowest BCUT2D eigenvalue weighted by Gasteiger charge is -2.09. The number of phenols is 1.